The topological polar surface area (TPSA) is 26.3 Å². The van der Waals surface area contributed by atoms with E-state index in [1.54, 1.807) is 30.1 Å². The summed E-state index contributed by atoms with van der Waals surface area (Å²) < 4.78 is 16.6. The maximum Gasteiger partial charge on any atom is 0.118 e. The van der Waals surface area contributed by atoms with Crippen molar-refractivity contribution in [2.45, 2.75) is 0 Å². The van der Waals surface area contributed by atoms with E-state index >= 15 is 0 Å². The van der Waals surface area contributed by atoms with Crippen LogP contribution in [0.1, 0.15) is 10.4 Å². The zero-order valence-electron chi connectivity index (χ0n) is 10.3. The number of benzene rings is 1. The zero-order valence-corrected chi connectivity index (χ0v) is 11.9. The molecule has 0 spiro atoms. The van der Waals surface area contributed by atoms with Gasteiger partial charge >= 0.3 is 0 Å². The second kappa shape index (κ2) is 5.98. The Morgan fingerprint density at radius 2 is 2.00 bits per heavy atom. The molecular weight excluding hydrogens is 264 g/mol. The van der Waals surface area contributed by atoms with Crippen LogP contribution in [0.5, 0.6) is 5.75 Å². The van der Waals surface area contributed by atoms with Gasteiger partial charge in [-0.3, -0.25) is 4.21 Å². The molecule has 94 valence electrons. The van der Waals surface area contributed by atoms with Gasteiger partial charge in [-0.05, 0) is 29.1 Å². The van der Waals surface area contributed by atoms with Gasteiger partial charge in [0.2, 0.25) is 0 Å². The van der Waals surface area contributed by atoms with E-state index in [-0.39, 0.29) is 0 Å². The Bertz CT molecular complexity index is 554. The lowest BCUT2D eigenvalue weighted by molar-refractivity contribution is 0.415. The maximum absolute atomic E-state index is 11.5. The summed E-state index contributed by atoms with van der Waals surface area (Å²) in [6.45, 7) is 0. The first-order valence-electron chi connectivity index (χ1n) is 5.43. The van der Waals surface area contributed by atoms with Crippen LogP contribution in [0.15, 0.2) is 47.2 Å². The van der Waals surface area contributed by atoms with Crippen molar-refractivity contribution in [1.82, 2.24) is 0 Å². The van der Waals surface area contributed by atoms with Crippen LogP contribution in [-0.4, -0.2) is 17.6 Å². The van der Waals surface area contributed by atoms with Gasteiger partial charge in [0.1, 0.15) is 5.75 Å². The second-order valence-corrected chi connectivity index (χ2v) is 5.92. The van der Waals surface area contributed by atoms with Crippen LogP contribution in [0, 0.1) is 0 Å². The quantitative estimate of drug-likeness (QED) is 0.855. The van der Waals surface area contributed by atoms with Crippen molar-refractivity contribution in [1.29, 1.82) is 0 Å². The molecule has 0 N–H and O–H groups in total. The summed E-state index contributed by atoms with van der Waals surface area (Å²) in [5.74, 6) is 0.821. The molecule has 2 nitrogen and oxygen atoms in total. The van der Waals surface area contributed by atoms with E-state index in [4.69, 9.17) is 4.74 Å². The molecule has 0 fully saturated rings. The van der Waals surface area contributed by atoms with Gasteiger partial charge in [0, 0.05) is 32.9 Å². The molecule has 0 saturated heterocycles. The van der Waals surface area contributed by atoms with Crippen molar-refractivity contribution in [3.05, 3.63) is 57.6 Å². The molecule has 18 heavy (non-hydrogen) atoms. The molecule has 0 amide bonds. The highest BCUT2D eigenvalue weighted by molar-refractivity contribution is 7.87. The fraction of sp³-hybridized carbons (Fsp3) is 0.143. The predicted octanol–water partition coefficient (Wildman–Crippen LogP) is 3.52. The van der Waals surface area contributed by atoms with Gasteiger partial charge < -0.3 is 4.74 Å². The Hall–Kier alpha value is -1.39. The molecule has 0 aliphatic rings. The molecule has 2 aromatic rings. The van der Waals surface area contributed by atoms with Gasteiger partial charge in [-0.25, -0.2) is 0 Å². The summed E-state index contributed by atoms with van der Waals surface area (Å²) in [5.41, 5.74) is 2.06. The molecule has 0 aliphatic carbocycles. The number of rotatable bonds is 4. The van der Waals surface area contributed by atoms with Crippen LogP contribution in [-0.2, 0) is 10.8 Å². The van der Waals surface area contributed by atoms with Gasteiger partial charge in [-0.1, -0.05) is 18.2 Å². The van der Waals surface area contributed by atoms with Crippen LogP contribution in [0.4, 0.5) is 0 Å². The van der Waals surface area contributed by atoms with Crippen LogP contribution >= 0.6 is 11.3 Å². The molecule has 1 aromatic heterocycles. The van der Waals surface area contributed by atoms with Crippen molar-refractivity contribution >= 4 is 27.7 Å². The first-order chi connectivity index (χ1) is 8.70. The minimum Gasteiger partial charge on any atom is -0.497 e. The van der Waals surface area contributed by atoms with Crippen molar-refractivity contribution < 1.29 is 8.95 Å². The van der Waals surface area contributed by atoms with E-state index in [9.17, 15) is 4.21 Å². The Morgan fingerprint density at radius 1 is 1.28 bits per heavy atom. The van der Waals surface area contributed by atoms with Crippen molar-refractivity contribution in [2.75, 3.05) is 13.4 Å². The summed E-state index contributed by atoms with van der Waals surface area (Å²) in [6, 6.07) is 11.8. The lowest BCUT2D eigenvalue weighted by Gasteiger charge is -2.06. The van der Waals surface area contributed by atoms with Gasteiger partial charge in [-0.2, -0.15) is 0 Å². The summed E-state index contributed by atoms with van der Waals surface area (Å²) in [5, 5.41) is 3.80. The van der Waals surface area contributed by atoms with E-state index in [0.29, 0.717) is 0 Å². The van der Waals surface area contributed by atoms with Crippen LogP contribution in [0.25, 0.3) is 5.57 Å². The average Bonchev–Trinajstić information content (AvgIpc) is 2.89. The molecule has 0 unspecified atom stereocenters. The van der Waals surface area contributed by atoms with Crippen LogP contribution in [0.2, 0.25) is 0 Å². The van der Waals surface area contributed by atoms with E-state index < -0.39 is 10.8 Å². The normalized spacial score (nSPS) is 13.3. The Labute approximate surface area is 113 Å². The highest BCUT2D eigenvalue weighted by Gasteiger charge is 2.07. The van der Waals surface area contributed by atoms with Gasteiger partial charge in [0.05, 0.1) is 7.11 Å². The van der Waals surface area contributed by atoms with Gasteiger partial charge in [-0.15, -0.1) is 11.3 Å². The first kappa shape index (κ1) is 13.1. The highest BCUT2D eigenvalue weighted by atomic mass is 32.2. The molecule has 4 heteroatoms. The van der Waals surface area contributed by atoms with Crippen molar-refractivity contribution in [3.63, 3.8) is 0 Å². The Kier molecular flexibility index (Phi) is 4.33. The van der Waals surface area contributed by atoms with E-state index in [2.05, 4.69) is 0 Å². The van der Waals surface area contributed by atoms with E-state index in [1.165, 1.54) is 0 Å². The molecule has 0 bridgehead atoms. The predicted molar refractivity (Wildman–Crippen MR) is 78.5 cm³/mol. The van der Waals surface area contributed by atoms with Crippen LogP contribution < -0.4 is 4.74 Å². The maximum atomic E-state index is 11.5. The minimum atomic E-state index is -0.975. The Morgan fingerprint density at radius 3 is 2.50 bits per heavy atom. The molecule has 0 saturated carbocycles. The smallest absolute Gasteiger partial charge is 0.118 e. The number of hydrogen-bond donors (Lipinski definition) is 0. The second-order valence-electron chi connectivity index (χ2n) is 3.74. The fourth-order valence-corrected chi connectivity index (χ4v) is 3.07. The highest BCUT2D eigenvalue weighted by Crippen LogP contribution is 2.28. The van der Waals surface area contributed by atoms with E-state index in [1.807, 2.05) is 41.8 Å². The lowest BCUT2D eigenvalue weighted by atomic mass is 10.1. The standard InChI is InChI=1S/C14H14O2S2/c1-16-12-7-5-11(6-8-12)13(10-18(2)15)14-4-3-9-17-14/h3-10H,1-2H3/b13-10+/t18-/m1/s1. The summed E-state index contributed by atoms with van der Waals surface area (Å²) in [4.78, 5) is 1.12. The monoisotopic (exact) mass is 278 g/mol. The minimum absolute atomic E-state index is 0.821. The lowest BCUT2D eigenvalue weighted by Crippen LogP contribution is -1.89. The number of methoxy groups -OCH3 is 1. The number of hydrogen-bond acceptors (Lipinski definition) is 3. The zero-order chi connectivity index (χ0) is 13.0. The molecule has 1 aromatic carbocycles. The summed E-state index contributed by atoms with van der Waals surface area (Å²) in [7, 11) is 0.670. The molecule has 2 rings (SSSR count). The van der Waals surface area contributed by atoms with Crippen molar-refractivity contribution in [3.8, 4) is 5.75 Å². The molecular formula is C14H14O2S2. The third-order valence-corrected chi connectivity index (χ3v) is 3.94. The molecule has 0 radical (unpaired) electrons. The molecule has 0 aliphatic heterocycles. The SMILES string of the molecule is COc1ccc(/C(=C\[S@@](C)=O)c2cccs2)cc1. The van der Waals surface area contributed by atoms with E-state index in [0.717, 1.165) is 21.8 Å². The number of thiophene rings is 1. The van der Waals surface area contributed by atoms with Gasteiger partial charge in [0.25, 0.3) is 0 Å². The third-order valence-electron chi connectivity index (χ3n) is 2.47. The largest absolute Gasteiger partial charge is 0.497 e. The number of ether oxygens (including phenoxy) is 1. The summed E-state index contributed by atoms with van der Waals surface area (Å²) in [6.07, 6.45) is 1.68. The van der Waals surface area contributed by atoms with Crippen molar-refractivity contribution in [2.24, 2.45) is 0 Å². The Balaban J connectivity index is 2.43. The molecule has 1 atom stereocenters. The fourth-order valence-electron chi connectivity index (χ4n) is 1.64. The van der Waals surface area contributed by atoms with Gasteiger partial charge in [0.15, 0.2) is 0 Å². The summed E-state index contributed by atoms with van der Waals surface area (Å²) >= 11 is 1.64. The molecule has 1 heterocycles. The first-order valence-corrected chi connectivity index (χ1v) is 7.93. The van der Waals surface area contributed by atoms with Crippen LogP contribution in [0.3, 0.4) is 0 Å². The average molecular weight is 278 g/mol. The third kappa shape index (κ3) is 3.09.